The zero-order valence-corrected chi connectivity index (χ0v) is 15.2. The van der Waals surface area contributed by atoms with Gasteiger partial charge in [0.05, 0.1) is 11.5 Å². The van der Waals surface area contributed by atoms with Crippen molar-refractivity contribution < 1.29 is 44.2 Å². The Bertz CT molecular complexity index is 602. The van der Waals surface area contributed by atoms with Crippen LogP contribution in [0.25, 0.3) is 5.57 Å². The van der Waals surface area contributed by atoms with Crippen LogP contribution in [0.4, 0.5) is 0 Å². The van der Waals surface area contributed by atoms with E-state index in [2.05, 4.69) is 0 Å². The van der Waals surface area contributed by atoms with Crippen LogP contribution in [0.15, 0.2) is 18.1 Å². The monoisotopic (exact) mass is 294 g/mol. The molecule has 1 aliphatic carbocycles. The van der Waals surface area contributed by atoms with E-state index in [4.69, 9.17) is 4.74 Å². The Morgan fingerprint density at radius 2 is 1.62 bits per heavy atom. The fourth-order valence-corrected chi connectivity index (χ4v) is 3.66. The van der Waals surface area contributed by atoms with E-state index in [1.165, 1.54) is 0 Å². The minimum Gasteiger partial charge on any atom is -0.598 e. The van der Waals surface area contributed by atoms with Crippen molar-refractivity contribution in [2.45, 2.75) is 52.1 Å². The van der Waals surface area contributed by atoms with Crippen molar-refractivity contribution in [3.63, 3.8) is 0 Å². The molecule has 21 heavy (non-hydrogen) atoms. The number of ether oxygens (including phenoxy) is 1. The molecule has 0 bridgehead atoms. The average Bonchev–Trinajstić information content (AvgIpc) is 2.89. The molecule has 1 heterocycles. The van der Waals surface area contributed by atoms with E-state index in [-0.39, 0.29) is 40.9 Å². The van der Waals surface area contributed by atoms with Crippen molar-refractivity contribution >= 4 is 11.4 Å². The Labute approximate surface area is 147 Å². The Kier molecular flexibility index (Phi) is 4.57. The van der Waals surface area contributed by atoms with Crippen LogP contribution in [0.2, 0.25) is 0 Å². The third-order valence-corrected chi connectivity index (χ3v) is 4.47. The number of carbonyl (C=O) groups excluding carboxylic acids is 1. The van der Waals surface area contributed by atoms with Crippen LogP contribution >= 0.6 is 0 Å². The number of Topliss-reactive ketones (excluding diaryl/α,β-unsaturated/α-hetero) is 1. The molecule has 4 heteroatoms. The molecule has 1 aromatic carbocycles. The third kappa shape index (κ3) is 2.56. The Morgan fingerprint density at radius 1 is 1.10 bits per heavy atom. The van der Waals surface area contributed by atoms with Crippen molar-refractivity contribution in [2.75, 3.05) is 0 Å². The van der Waals surface area contributed by atoms with Gasteiger partial charge in [0.1, 0.15) is 0 Å². The van der Waals surface area contributed by atoms with Gasteiger partial charge < -0.3 is 9.84 Å². The molecule has 0 N–H and O–H groups in total. The molecule has 0 saturated heterocycles. The molecule has 3 nitrogen and oxygen atoms in total. The van der Waals surface area contributed by atoms with Crippen molar-refractivity contribution in [3.8, 4) is 0 Å². The average molecular weight is 294 g/mol. The summed E-state index contributed by atoms with van der Waals surface area (Å²) in [6.45, 7) is 5.91. The molecule has 0 aromatic heterocycles. The molecular formula is C17H19NaO3. The number of carbonyl (C=O) groups is 1. The SMILES string of the molecule is Cc1cc(C)c(C2=C([O-])OC3(CCCC3)C2=O)c(C)c1.[Na+]. The minimum atomic E-state index is -0.851. The Morgan fingerprint density at radius 3 is 2.14 bits per heavy atom. The van der Waals surface area contributed by atoms with Gasteiger partial charge >= 0.3 is 29.6 Å². The quantitative estimate of drug-likeness (QED) is 0.660. The van der Waals surface area contributed by atoms with Crippen LogP contribution in [-0.2, 0) is 9.53 Å². The van der Waals surface area contributed by atoms with Crippen LogP contribution in [-0.4, -0.2) is 11.4 Å². The second kappa shape index (κ2) is 5.79. The van der Waals surface area contributed by atoms with Crippen LogP contribution < -0.4 is 34.7 Å². The second-order valence-electron chi connectivity index (χ2n) is 6.07. The Balaban J connectivity index is 0.00000161. The molecule has 1 aromatic rings. The molecule has 106 valence electrons. The number of hydrogen-bond donors (Lipinski definition) is 0. The predicted molar refractivity (Wildman–Crippen MR) is 74.9 cm³/mol. The molecule has 2 aliphatic rings. The first kappa shape index (κ1) is 16.6. The van der Waals surface area contributed by atoms with Gasteiger partial charge in [-0.05, 0) is 50.3 Å². The van der Waals surface area contributed by atoms with Crippen molar-refractivity contribution in [1.29, 1.82) is 0 Å². The van der Waals surface area contributed by atoms with Gasteiger partial charge in [0.15, 0.2) is 5.78 Å². The summed E-state index contributed by atoms with van der Waals surface area (Å²) in [4.78, 5) is 12.7. The summed E-state index contributed by atoms with van der Waals surface area (Å²) in [6.07, 6.45) is 3.26. The van der Waals surface area contributed by atoms with E-state index in [9.17, 15) is 9.90 Å². The standard InChI is InChI=1S/C17H20O3.Na/c1-10-8-11(2)13(12(3)9-10)14-15(18)17(20-16(14)19)6-4-5-7-17;/h8-9,19H,4-7H2,1-3H3;/q;+1/p-1. The second-order valence-corrected chi connectivity index (χ2v) is 6.07. The maximum Gasteiger partial charge on any atom is 1.00 e. The molecule has 0 radical (unpaired) electrons. The Hall–Kier alpha value is -0.770. The molecule has 1 saturated carbocycles. The van der Waals surface area contributed by atoms with Gasteiger partial charge in [0.25, 0.3) is 0 Å². The van der Waals surface area contributed by atoms with E-state index < -0.39 is 11.5 Å². The van der Waals surface area contributed by atoms with Gasteiger partial charge in [-0.1, -0.05) is 30.5 Å². The smallest absolute Gasteiger partial charge is 0.598 e. The predicted octanol–water partition coefficient (Wildman–Crippen LogP) is -0.443. The van der Waals surface area contributed by atoms with Crippen molar-refractivity contribution in [3.05, 3.63) is 40.3 Å². The summed E-state index contributed by atoms with van der Waals surface area (Å²) in [7, 11) is 0. The number of ketones is 1. The molecule has 1 fully saturated rings. The summed E-state index contributed by atoms with van der Waals surface area (Å²) in [5, 5.41) is 12.3. The van der Waals surface area contributed by atoms with Crippen LogP contribution in [0.1, 0.15) is 47.9 Å². The van der Waals surface area contributed by atoms with Crippen molar-refractivity contribution in [2.24, 2.45) is 0 Å². The first-order valence-electron chi connectivity index (χ1n) is 7.18. The van der Waals surface area contributed by atoms with Gasteiger partial charge in [-0.15, -0.1) is 0 Å². The topological polar surface area (TPSA) is 49.4 Å². The number of aryl methyl sites for hydroxylation is 3. The number of rotatable bonds is 1. The molecule has 0 amide bonds. The zero-order valence-electron chi connectivity index (χ0n) is 13.2. The molecule has 3 rings (SSSR count). The van der Waals surface area contributed by atoms with Crippen LogP contribution in [0.5, 0.6) is 0 Å². The summed E-state index contributed by atoms with van der Waals surface area (Å²) in [5.41, 5.74) is 3.27. The zero-order chi connectivity index (χ0) is 14.5. The van der Waals surface area contributed by atoms with E-state index in [0.29, 0.717) is 12.8 Å². The van der Waals surface area contributed by atoms with E-state index in [0.717, 1.165) is 35.1 Å². The summed E-state index contributed by atoms with van der Waals surface area (Å²) in [5.74, 6) is -0.540. The van der Waals surface area contributed by atoms with Gasteiger partial charge in [-0.25, -0.2) is 0 Å². The fraction of sp³-hybridized carbons (Fsp3) is 0.471. The van der Waals surface area contributed by atoms with Crippen LogP contribution in [0, 0.1) is 20.8 Å². The first-order chi connectivity index (χ1) is 9.44. The van der Waals surface area contributed by atoms with Gasteiger partial charge in [-0.3, -0.25) is 4.79 Å². The van der Waals surface area contributed by atoms with E-state index >= 15 is 0 Å². The van der Waals surface area contributed by atoms with Gasteiger partial charge in [0, 0.05) is 5.57 Å². The maximum atomic E-state index is 12.7. The maximum absolute atomic E-state index is 12.7. The molecule has 0 unspecified atom stereocenters. The summed E-state index contributed by atoms with van der Waals surface area (Å²) >= 11 is 0. The summed E-state index contributed by atoms with van der Waals surface area (Å²) in [6, 6.07) is 4.02. The minimum absolute atomic E-state index is 0. The van der Waals surface area contributed by atoms with E-state index in [1.807, 2.05) is 32.9 Å². The molecule has 0 atom stereocenters. The third-order valence-electron chi connectivity index (χ3n) is 4.47. The first-order valence-corrected chi connectivity index (χ1v) is 7.18. The number of hydrogen-bond acceptors (Lipinski definition) is 3. The number of benzene rings is 1. The largest absolute Gasteiger partial charge is 1.00 e. The molecule has 1 spiro atoms. The van der Waals surface area contributed by atoms with Gasteiger partial charge in [-0.2, -0.15) is 0 Å². The van der Waals surface area contributed by atoms with Gasteiger partial charge in [0.2, 0.25) is 0 Å². The fourth-order valence-electron chi connectivity index (χ4n) is 3.66. The molecular weight excluding hydrogens is 275 g/mol. The van der Waals surface area contributed by atoms with Crippen LogP contribution in [0.3, 0.4) is 0 Å². The normalized spacial score (nSPS) is 19.9. The summed E-state index contributed by atoms with van der Waals surface area (Å²) < 4.78 is 5.50. The van der Waals surface area contributed by atoms with Crippen molar-refractivity contribution in [1.82, 2.24) is 0 Å². The molecule has 1 aliphatic heterocycles. The van der Waals surface area contributed by atoms with E-state index in [1.54, 1.807) is 0 Å².